The predicted octanol–water partition coefficient (Wildman–Crippen LogP) is 7.08. The van der Waals surface area contributed by atoms with Crippen LogP contribution in [0.15, 0.2) is 60.7 Å². The van der Waals surface area contributed by atoms with Crippen LogP contribution >= 0.6 is 0 Å². The third kappa shape index (κ3) is 5.27. The summed E-state index contributed by atoms with van der Waals surface area (Å²) in [6, 6.07) is 11.4. The van der Waals surface area contributed by atoms with Gasteiger partial charge in [0.1, 0.15) is 0 Å². The van der Waals surface area contributed by atoms with Crippen molar-refractivity contribution in [3.05, 3.63) is 82.9 Å². The first-order valence-electron chi connectivity index (χ1n) is 10.8. The molecule has 0 atom stereocenters. The van der Waals surface area contributed by atoms with Gasteiger partial charge in [-0.15, -0.1) is 0 Å². The Morgan fingerprint density at radius 2 is 1.30 bits per heavy atom. The van der Waals surface area contributed by atoms with Crippen molar-refractivity contribution in [2.24, 2.45) is 0 Å². The standard InChI is InChI=1S/C25H24F6O2/c26-24(27,28)20-15-18(16-21(17-20)25(29,30)31)5-4-8-22(19-6-2-1-3-7-19)9-11-23(12-10-22)32-13-14-33-23/h1-4,6-8,15-17H,5,9-14H2. The van der Waals surface area contributed by atoms with Gasteiger partial charge in [-0.1, -0.05) is 42.5 Å². The van der Waals surface area contributed by atoms with E-state index in [1.54, 1.807) is 6.08 Å². The van der Waals surface area contributed by atoms with Gasteiger partial charge in [-0.3, -0.25) is 0 Å². The lowest BCUT2D eigenvalue weighted by molar-refractivity contribution is -0.182. The lowest BCUT2D eigenvalue weighted by Crippen LogP contribution is -2.41. The number of hydrogen-bond acceptors (Lipinski definition) is 2. The maximum Gasteiger partial charge on any atom is 0.416 e. The van der Waals surface area contributed by atoms with E-state index in [2.05, 4.69) is 0 Å². The van der Waals surface area contributed by atoms with E-state index in [-0.39, 0.29) is 18.1 Å². The molecule has 178 valence electrons. The van der Waals surface area contributed by atoms with Gasteiger partial charge >= 0.3 is 12.4 Å². The van der Waals surface area contributed by atoms with Crippen LogP contribution in [0.1, 0.15) is 47.9 Å². The fourth-order valence-corrected chi connectivity index (χ4v) is 4.74. The zero-order valence-electron chi connectivity index (χ0n) is 17.8. The number of hydrogen-bond donors (Lipinski definition) is 0. The van der Waals surface area contributed by atoms with Crippen LogP contribution in [0.2, 0.25) is 0 Å². The summed E-state index contributed by atoms with van der Waals surface area (Å²) in [6.45, 7) is 1.09. The highest BCUT2D eigenvalue weighted by Gasteiger charge is 2.46. The number of rotatable bonds is 4. The van der Waals surface area contributed by atoms with Crippen molar-refractivity contribution in [1.29, 1.82) is 0 Å². The Hall–Kier alpha value is -2.32. The molecule has 2 aliphatic rings. The van der Waals surface area contributed by atoms with E-state index in [0.29, 0.717) is 38.9 Å². The molecule has 0 unspecified atom stereocenters. The van der Waals surface area contributed by atoms with Crippen LogP contribution in [0.25, 0.3) is 0 Å². The van der Waals surface area contributed by atoms with Crippen LogP contribution in [-0.4, -0.2) is 19.0 Å². The second-order valence-electron chi connectivity index (χ2n) is 8.65. The smallest absolute Gasteiger partial charge is 0.348 e. The molecular weight excluding hydrogens is 446 g/mol. The first-order valence-corrected chi connectivity index (χ1v) is 10.8. The van der Waals surface area contributed by atoms with Gasteiger partial charge in [0.05, 0.1) is 24.3 Å². The summed E-state index contributed by atoms with van der Waals surface area (Å²) in [5.41, 5.74) is -1.97. The largest absolute Gasteiger partial charge is 0.416 e. The van der Waals surface area contributed by atoms with Crippen molar-refractivity contribution in [2.45, 2.75) is 55.7 Å². The normalized spacial score (nSPS) is 20.5. The molecule has 0 N–H and O–H groups in total. The lowest BCUT2D eigenvalue weighted by atomic mass is 9.67. The minimum absolute atomic E-state index is 0.0358. The Bertz CT molecular complexity index is 946. The lowest BCUT2D eigenvalue weighted by Gasteiger charge is -2.42. The van der Waals surface area contributed by atoms with E-state index in [4.69, 9.17) is 9.47 Å². The summed E-state index contributed by atoms with van der Waals surface area (Å²) in [6.07, 6.45) is -3.43. The van der Waals surface area contributed by atoms with E-state index in [1.807, 2.05) is 36.4 Å². The highest BCUT2D eigenvalue weighted by atomic mass is 19.4. The van der Waals surface area contributed by atoms with E-state index in [1.165, 1.54) is 0 Å². The minimum atomic E-state index is -4.86. The second-order valence-corrected chi connectivity index (χ2v) is 8.65. The topological polar surface area (TPSA) is 18.5 Å². The van der Waals surface area contributed by atoms with Gasteiger partial charge in [-0.2, -0.15) is 26.3 Å². The maximum absolute atomic E-state index is 13.2. The Balaban J connectivity index is 1.60. The minimum Gasteiger partial charge on any atom is -0.348 e. The fraction of sp³-hybridized carbons (Fsp3) is 0.440. The Morgan fingerprint density at radius 1 is 0.758 bits per heavy atom. The molecule has 1 saturated heterocycles. The van der Waals surface area contributed by atoms with Crippen LogP contribution in [0.4, 0.5) is 26.3 Å². The van der Waals surface area contributed by atoms with Gasteiger partial charge in [-0.25, -0.2) is 0 Å². The maximum atomic E-state index is 13.2. The van der Waals surface area contributed by atoms with Gasteiger partial charge in [0.25, 0.3) is 0 Å². The number of halogens is 6. The molecule has 0 radical (unpaired) electrons. The van der Waals surface area contributed by atoms with E-state index >= 15 is 0 Å². The number of benzene rings is 2. The molecule has 1 heterocycles. The molecule has 2 aromatic carbocycles. The van der Waals surface area contributed by atoms with Crippen molar-refractivity contribution in [1.82, 2.24) is 0 Å². The molecule has 0 bridgehead atoms. The zero-order valence-corrected chi connectivity index (χ0v) is 17.8. The van der Waals surface area contributed by atoms with Gasteiger partial charge in [0, 0.05) is 18.3 Å². The zero-order chi connectivity index (χ0) is 23.7. The summed E-state index contributed by atoms with van der Waals surface area (Å²) in [5, 5.41) is 0. The molecule has 2 fully saturated rings. The van der Waals surface area contributed by atoms with Gasteiger partial charge in [-0.05, 0) is 48.6 Å². The molecule has 1 aliphatic heterocycles. The Kier molecular flexibility index (Phi) is 6.35. The van der Waals surface area contributed by atoms with Crippen LogP contribution < -0.4 is 0 Å². The van der Waals surface area contributed by atoms with E-state index in [0.717, 1.165) is 17.7 Å². The molecule has 2 nitrogen and oxygen atoms in total. The highest BCUT2D eigenvalue weighted by Crippen LogP contribution is 2.47. The predicted molar refractivity (Wildman–Crippen MR) is 111 cm³/mol. The Labute approximate surface area is 188 Å². The molecule has 1 spiro atoms. The number of alkyl halides is 6. The van der Waals surface area contributed by atoms with Crippen LogP contribution in [0.5, 0.6) is 0 Å². The first kappa shape index (κ1) is 23.8. The van der Waals surface area contributed by atoms with E-state index < -0.39 is 34.7 Å². The van der Waals surface area contributed by atoms with Crippen LogP contribution in [0, 0.1) is 0 Å². The molecule has 1 aliphatic carbocycles. The van der Waals surface area contributed by atoms with Crippen molar-refractivity contribution in [2.75, 3.05) is 13.2 Å². The molecule has 4 rings (SSSR count). The van der Waals surface area contributed by atoms with Gasteiger partial charge < -0.3 is 9.47 Å². The molecule has 1 saturated carbocycles. The third-order valence-corrected chi connectivity index (χ3v) is 6.50. The molecule has 0 amide bonds. The summed E-state index contributed by atoms with van der Waals surface area (Å²) in [5.74, 6) is -0.589. The average Bonchev–Trinajstić information content (AvgIpc) is 3.23. The van der Waals surface area contributed by atoms with Gasteiger partial charge in [0.15, 0.2) is 5.79 Å². The van der Waals surface area contributed by atoms with Crippen molar-refractivity contribution in [3.8, 4) is 0 Å². The molecular formula is C25H24F6O2. The SMILES string of the molecule is FC(F)(F)c1cc(CC=CC2(c3ccccc3)CCC3(CC2)OCCO3)cc(C(F)(F)F)c1. The fourth-order valence-electron chi connectivity index (χ4n) is 4.74. The van der Waals surface area contributed by atoms with E-state index in [9.17, 15) is 26.3 Å². The van der Waals surface area contributed by atoms with Crippen molar-refractivity contribution < 1.29 is 35.8 Å². The van der Waals surface area contributed by atoms with Crippen LogP contribution in [-0.2, 0) is 33.7 Å². The Morgan fingerprint density at radius 3 is 1.82 bits per heavy atom. The molecule has 33 heavy (non-hydrogen) atoms. The monoisotopic (exact) mass is 470 g/mol. The molecule has 0 aromatic heterocycles. The van der Waals surface area contributed by atoms with Crippen LogP contribution in [0.3, 0.4) is 0 Å². The third-order valence-electron chi connectivity index (χ3n) is 6.50. The number of ether oxygens (including phenoxy) is 2. The molecule has 8 heteroatoms. The summed E-state index contributed by atoms with van der Waals surface area (Å²) in [4.78, 5) is 0. The first-order chi connectivity index (χ1) is 15.5. The second kappa shape index (κ2) is 8.80. The van der Waals surface area contributed by atoms with Gasteiger partial charge in [0.2, 0.25) is 0 Å². The average molecular weight is 470 g/mol. The number of allylic oxidation sites excluding steroid dienone is 2. The van der Waals surface area contributed by atoms with Crippen molar-refractivity contribution >= 4 is 0 Å². The highest BCUT2D eigenvalue weighted by molar-refractivity contribution is 5.36. The summed E-state index contributed by atoms with van der Waals surface area (Å²) >= 11 is 0. The molecule has 2 aromatic rings. The summed E-state index contributed by atoms with van der Waals surface area (Å²) < 4.78 is 90.6. The van der Waals surface area contributed by atoms with Crippen molar-refractivity contribution in [3.63, 3.8) is 0 Å². The summed E-state index contributed by atoms with van der Waals surface area (Å²) in [7, 11) is 0. The quantitative estimate of drug-likeness (QED) is 0.351.